The summed E-state index contributed by atoms with van der Waals surface area (Å²) < 4.78 is 37.7. The normalized spacial score (nSPS) is 14.1. The van der Waals surface area contributed by atoms with E-state index in [1.165, 1.54) is 6.92 Å². The molecule has 0 aromatic heterocycles. The summed E-state index contributed by atoms with van der Waals surface area (Å²) in [4.78, 5) is 21.6. The quantitative estimate of drug-likeness (QED) is 0.305. The highest BCUT2D eigenvalue weighted by Gasteiger charge is 2.14. The van der Waals surface area contributed by atoms with Crippen LogP contribution < -0.4 is 5.73 Å². The maximum absolute atomic E-state index is 10.2. The van der Waals surface area contributed by atoms with Crippen molar-refractivity contribution in [3.05, 3.63) is 0 Å². The van der Waals surface area contributed by atoms with Gasteiger partial charge >= 0.3 is 7.82 Å². The van der Waals surface area contributed by atoms with Crippen molar-refractivity contribution in [3.8, 4) is 0 Å². The van der Waals surface area contributed by atoms with E-state index in [0.29, 0.717) is 6.42 Å². The van der Waals surface area contributed by atoms with Crippen LogP contribution >= 0.6 is 7.82 Å². The average Bonchev–Trinajstić information content (AvgIpc) is 1.81. The van der Waals surface area contributed by atoms with E-state index in [-0.39, 0.29) is 6.54 Å². The van der Waals surface area contributed by atoms with E-state index in [4.69, 9.17) is 29.5 Å². The van der Waals surface area contributed by atoms with Crippen LogP contribution in [-0.4, -0.2) is 39.4 Å². The maximum atomic E-state index is 10.2. The lowest BCUT2D eigenvalue weighted by atomic mass is 10.3. The van der Waals surface area contributed by atoms with Crippen LogP contribution in [0.1, 0.15) is 13.3 Å². The van der Waals surface area contributed by atoms with Gasteiger partial charge in [0.25, 0.3) is 10.1 Å². The molecule has 0 aliphatic carbocycles. The molecule has 0 aromatic rings. The van der Waals surface area contributed by atoms with Gasteiger partial charge in [-0.15, -0.1) is 0 Å². The van der Waals surface area contributed by atoms with Crippen LogP contribution in [0.5, 0.6) is 0 Å². The van der Waals surface area contributed by atoms with Crippen LogP contribution in [0.4, 0.5) is 0 Å². The molecule has 0 rings (SSSR count). The van der Waals surface area contributed by atoms with Crippen LogP contribution in [0.25, 0.3) is 0 Å². The first-order valence-corrected chi connectivity index (χ1v) is 6.50. The molecule has 0 saturated heterocycles. The molecule has 6 N–H and O–H groups in total. The van der Waals surface area contributed by atoms with Gasteiger partial charge in [-0.3, -0.25) is 4.55 Å². The minimum absolute atomic E-state index is 0.279. The number of phosphoric acid groups is 1. The molecular formula is C4H14NO7PS. The lowest BCUT2D eigenvalue weighted by Crippen LogP contribution is -2.20. The second-order valence-electron chi connectivity index (χ2n) is 2.42. The van der Waals surface area contributed by atoms with Crippen molar-refractivity contribution >= 4 is 17.9 Å². The first-order chi connectivity index (χ1) is 5.98. The highest BCUT2D eigenvalue weighted by Crippen LogP contribution is 2.25. The second kappa shape index (κ2) is 6.46. The molecule has 0 fully saturated rings. The predicted octanol–water partition coefficient (Wildman–Crippen LogP) is -1.32. The van der Waals surface area contributed by atoms with Gasteiger partial charge in [0.15, 0.2) is 0 Å². The van der Waals surface area contributed by atoms with E-state index < -0.39 is 23.2 Å². The third-order valence-electron chi connectivity index (χ3n) is 1.08. The molecule has 0 aliphatic heterocycles. The Labute approximate surface area is 81.7 Å². The molecule has 0 amide bonds. The molecule has 0 bridgehead atoms. The predicted molar refractivity (Wildman–Crippen MR) is 48.9 cm³/mol. The summed E-state index contributed by atoms with van der Waals surface area (Å²) in [7, 11) is -8.48. The van der Waals surface area contributed by atoms with Gasteiger partial charge in [0, 0.05) is 0 Å². The Morgan fingerprint density at radius 1 is 1.36 bits per heavy atom. The van der Waals surface area contributed by atoms with Crippen molar-refractivity contribution in [1.29, 1.82) is 0 Å². The highest BCUT2D eigenvalue weighted by molar-refractivity contribution is 7.86. The zero-order valence-electron chi connectivity index (χ0n) is 7.44. The summed E-state index contributed by atoms with van der Waals surface area (Å²) in [6.07, 6.45) is 0.304. The summed E-state index contributed by atoms with van der Waals surface area (Å²) >= 11 is 0. The van der Waals surface area contributed by atoms with E-state index >= 15 is 0 Å². The van der Waals surface area contributed by atoms with Crippen molar-refractivity contribution < 1.29 is 32.2 Å². The van der Waals surface area contributed by atoms with E-state index in [0.717, 1.165) is 0 Å². The summed E-state index contributed by atoms with van der Waals surface area (Å²) in [5.41, 5.74) is 5.05. The Hall–Kier alpha value is -0.0200. The average molecular weight is 251 g/mol. The Morgan fingerprint density at radius 3 is 1.71 bits per heavy atom. The first kappa shape index (κ1) is 16.4. The van der Waals surface area contributed by atoms with Gasteiger partial charge in [-0.1, -0.05) is 0 Å². The number of rotatable bonds is 3. The third-order valence-corrected chi connectivity index (χ3v) is 2.33. The SMILES string of the molecule is CC(CCN)S(=O)(=O)O.O=P(O)(O)O. The Morgan fingerprint density at radius 2 is 1.64 bits per heavy atom. The smallest absolute Gasteiger partial charge is 0.330 e. The van der Waals surface area contributed by atoms with Gasteiger partial charge in [-0.2, -0.15) is 8.42 Å². The first-order valence-electron chi connectivity index (χ1n) is 3.43. The molecule has 88 valence electrons. The lowest BCUT2D eigenvalue weighted by Gasteiger charge is -2.03. The van der Waals surface area contributed by atoms with E-state index in [2.05, 4.69) is 0 Å². The van der Waals surface area contributed by atoms with Gasteiger partial charge in [0.1, 0.15) is 0 Å². The lowest BCUT2D eigenvalue weighted by molar-refractivity contribution is 0.275. The van der Waals surface area contributed by atoms with E-state index in [9.17, 15) is 8.42 Å². The third kappa shape index (κ3) is 17.9. The fourth-order valence-corrected chi connectivity index (χ4v) is 0.818. The standard InChI is InChI=1S/C4H11NO3S.H3O4P/c1-4(2-3-5)9(6,7)8;1-5(2,3)4/h4H,2-3,5H2,1H3,(H,6,7,8);(H3,1,2,3,4). The second-order valence-corrected chi connectivity index (χ2v) is 5.28. The molecule has 1 atom stereocenters. The van der Waals surface area contributed by atoms with Crippen LogP contribution in [-0.2, 0) is 14.7 Å². The van der Waals surface area contributed by atoms with Crippen LogP contribution in [0, 0.1) is 0 Å². The number of nitrogens with two attached hydrogens (primary N) is 1. The van der Waals surface area contributed by atoms with Gasteiger partial charge in [0.05, 0.1) is 5.25 Å². The van der Waals surface area contributed by atoms with Gasteiger partial charge in [0.2, 0.25) is 0 Å². The van der Waals surface area contributed by atoms with Crippen molar-refractivity contribution in [2.24, 2.45) is 5.73 Å². The molecule has 0 heterocycles. The van der Waals surface area contributed by atoms with Crippen LogP contribution in [0.15, 0.2) is 0 Å². The summed E-state index contributed by atoms with van der Waals surface area (Å²) in [6.45, 7) is 1.70. The molecular weight excluding hydrogens is 237 g/mol. The molecule has 14 heavy (non-hydrogen) atoms. The molecule has 10 heteroatoms. The van der Waals surface area contributed by atoms with E-state index in [1.807, 2.05) is 0 Å². The minimum Gasteiger partial charge on any atom is -0.330 e. The molecule has 0 radical (unpaired) electrons. The van der Waals surface area contributed by atoms with E-state index in [1.54, 1.807) is 0 Å². The van der Waals surface area contributed by atoms with Crippen molar-refractivity contribution in [1.82, 2.24) is 0 Å². The molecule has 8 nitrogen and oxygen atoms in total. The topological polar surface area (TPSA) is 158 Å². The molecule has 0 saturated carbocycles. The summed E-state index contributed by atoms with van der Waals surface area (Å²) in [5, 5.41) is -0.734. The molecule has 0 aromatic carbocycles. The summed E-state index contributed by atoms with van der Waals surface area (Å²) in [6, 6.07) is 0. The summed E-state index contributed by atoms with van der Waals surface area (Å²) in [5.74, 6) is 0. The molecule has 0 spiro atoms. The zero-order valence-corrected chi connectivity index (χ0v) is 9.15. The highest BCUT2D eigenvalue weighted by atomic mass is 32.2. The molecule has 0 aliphatic rings. The van der Waals surface area contributed by atoms with Crippen LogP contribution in [0.3, 0.4) is 0 Å². The van der Waals surface area contributed by atoms with Gasteiger partial charge in [-0.25, -0.2) is 4.57 Å². The van der Waals surface area contributed by atoms with Crippen molar-refractivity contribution in [3.63, 3.8) is 0 Å². The maximum Gasteiger partial charge on any atom is 0.466 e. The monoisotopic (exact) mass is 251 g/mol. The fourth-order valence-electron chi connectivity index (χ4n) is 0.384. The zero-order chi connectivity index (χ0) is 12.0. The fraction of sp³-hybridized carbons (Fsp3) is 1.00. The number of hydrogen-bond donors (Lipinski definition) is 5. The number of hydrogen-bond acceptors (Lipinski definition) is 4. The van der Waals surface area contributed by atoms with Crippen LogP contribution in [0.2, 0.25) is 0 Å². The Bertz CT molecular complexity index is 274. The van der Waals surface area contributed by atoms with Gasteiger partial charge < -0.3 is 20.4 Å². The van der Waals surface area contributed by atoms with Crippen molar-refractivity contribution in [2.75, 3.05) is 6.54 Å². The largest absolute Gasteiger partial charge is 0.466 e. The minimum atomic E-state index is -4.64. The Balaban J connectivity index is 0. The Kier molecular flexibility index (Phi) is 7.57. The molecule has 1 unspecified atom stereocenters. The van der Waals surface area contributed by atoms with Crippen molar-refractivity contribution in [2.45, 2.75) is 18.6 Å². The van der Waals surface area contributed by atoms with Gasteiger partial charge in [-0.05, 0) is 19.9 Å².